The van der Waals surface area contributed by atoms with E-state index in [1.54, 1.807) is 42.5 Å². The van der Waals surface area contributed by atoms with Crippen molar-refractivity contribution in [2.24, 2.45) is 0 Å². The van der Waals surface area contributed by atoms with E-state index in [-0.39, 0.29) is 17.7 Å². The molecule has 0 atom stereocenters. The van der Waals surface area contributed by atoms with Crippen molar-refractivity contribution >= 4 is 38.5 Å². The lowest BCUT2D eigenvalue weighted by Gasteiger charge is -2.12. The maximum absolute atomic E-state index is 13.7. The van der Waals surface area contributed by atoms with E-state index < -0.39 is 16.0 Å². The van der Waals surface area contributed by atoms with E-state index in [2.05, 4.69) is 0 Å². The summed E-state index contributed by atoms with van der Waals surface area (Å²) in [6, 6.07) is 21.1. The highest BCUT2D eigenvalue weighted by Gasteiger charge is 2.24. The van der Waals surface area contributed by atoms with Crippen molar-refractivity contribution in [1.29, 1.82) is 0 Å². The molecule has 0 saturated heterocycles. The van der Waals surface area contributed by atoms with Gasteiger partial charge in [0.05, 0.1) is 10.4 Å². The second-order valence-corrected chi connectivity index (χ2v) is 9.09. The number of carboxylic acid groups (broad SMARTS) is 1. The number of carboxylic acids is 1. The van der Waals surface area contributed by atoms with Gasteiger partial charge < -0.3 is 5.11 Å². The molecule has 3 aromatic carbocycles. The number of aromatic nitrogens is 1. The van der Waals surface area contributed by atoms with Crippen LogP contribution >= 0.6 is 11.6 Å². The van der Waals surface area contributed by atoms with E-state index in [1.807, 2.05) is 30.3 Å². The number of aliphatic carboxylic acids is 1. The number of halogens is 1. The van der Waals surface area contributed by atoms with Crippen LogP contribution in [0.25, 0.3) is 22.0 Å². The molecule has 0 bridgehead atoms. The topological polar surface area (TPSA) is 76.4 Å². The molecule has 0 saturated carbocycles. The fraction of sp³-hybridized carbons (Fsp3) is 0.0870. The van der Waals surface area contributed by atoms with E-state index in [1.165, 1.54) is 10.2 Å². The van der Waals surface area contributed by atoms with Crippen LogP contribution in [0.1, 0.15) is 12.0 Å². The molecule has 1 N–H and O–H groups in total. The molecule has 7 heteroatoms. The Morgan fingerprint density at radius 3 is 2.40 bits per heavy atom. The molecule has 0 fully saturated rings. The lowest BCUT2D eigenvalue weighted by atomic mass is 10.1. The summed E-state index contributed by atoms with van der Waals surface area (Å²) in [6.45, 7) is 0. The van der Waals surface area contributed by atoms with Crippen LogP contribution in [-0.2, 0) is 21.2 Å². The number of hydrogen-bond acceptors (Lipinski definition) is 3. The molecule has 0 aliphatic carbocycles. The van der Waals surface area contributed by atoms with Crippen molar-refractivity contribution in [2.45, 2.75) is 17.7 Å². The van der Waals surface area contributed by atoms with Crippen molar-refractivity contribution < 1.29 is 18.3 Å². The van der Waals surface area contributed by atoms with Crippen LogP contribution < -0.4 is 0 Å². The molecule has 152 valence electrons. The van der Waals surface area contributed by atoms with Crippen molar-refractivity contribution in [3.63, 3.8) is 0 Å². The maximum atomic E-state index is 13.7. The minimum Gasteiger partial charge on any atom is -0.481 e. The molecule has 0 radical (unpaired) electrons. The zero-order valence-corrected chi connectivity index (χ0v) is 17.4. The highest BCUT2D eigenvalue weighted by Crippen LogP contribution is 2.33. The molecular formula is C23H18ClNO4S. The van der Waals surface area contributed by atoms with Gasteiger partial charge in [-0.25, -0.2) is 12.4 Å². The zero-order chi connectivity index (χ0) is 21.3. The van der Waals surface area contributed by atoms with Crippen LogP contribution in [0.2, 0.25) is 5.02 Å². The first-order chi connectivity index (χ1) is 14.4. The van der Waals surface area contributed by atoms with Gasteiger partial charge in [-0.1, -0.05) is 60.1 Å². The van der Waals surface area contributed by atoms with Gasteiger partial charge in [0.25, 0.3) is 10.0 Å². The molecule has 5 nitrogen and oxygen atoms in total. The smallest absolute Gasteiger partial charge is 0.303 e. The molecule has 4 aromatic rings. The van der Waals surface area contributed by atoms with Gasteiger partial charge in [0.1, 0.15) is 0 Å². The number of fused-ring (bicyclic) bond motifs is 1. The Morgan fingerprint density at radius 2 is 1.67 bits per heavy atom. The van der Waals surface area contributed by atoms with Crippen LogP contribution in [0.15, 0.2) is 83.9 Å². The van der Waals surface area contributed by atoms with E-state index in [0.717, 1.165) is 5.56 Å². The summed E-state index contributed by atoms with van der Waals surface area (Å²) in [4.78, 5) is 11.2. The largest absolute Gasteiger partial charge is 0.481 e. The molecule has 0 amide bonds. The second kappa shape index (κ2) is 7.97. The van der Waals surface area contributed by atoms with Crippen LogP contribution in [0, 0.1) is 0 Å². The number of carbonyl (C=O) groups is 1. The zero-order valence-electron chi connectivity index (χ0n) is 15.8. The lowest BCUT2D eigenvalue weighted by molar-refractivity contribution is -0.136. The fourth-order valence-corrected chi connectivity index (χ4v) is 5.31. The first kappa shape index (κ1) is 20.2. The monoisotopic (exact) mass is 439 g/mol. The standard InChI is InChI=1S/C23H18ClNO4S/c24-18-11-12-21-20(14-18)17(10-13-23(26)27)15-25(21)30(28,29)22-9-5-4-8-19(22)16-6-2-1-3-7-16/h1-9,11-12,14-15H,10,13H2,(H,26,27). The quantitative estimate of drug-likeness (QED) is 0.447. The minimum absolute atomic E-state index is 0.105. The average Bonchev–Trinajstić information content (AvgIpc) is 3.11. The number of aryl methyl sites for hydroxylation is 1. The van der Waals surface area contributed by atoms with Gasteiger partial charge in [0, 0.05) is 28.6 Å². The predicted molar refractivity (Wildman–Crippen MR) is 117 cm³/mol. The van der Waals surface area contributed by atoms with Crippen LogP contribution in [0.4, 0.5) is 0 Å². The Labute approximate surface area is 179 Å². The number of hydrogen-bond donors (Lipinski definition) is 1. The average molecular weight is 440 g/mol. The molecule has 0 aliphatic rings. The molecule has 0 spiro atoms. The summed E-state index contributed by atoms with van der Waals surface area (Å²) >= 11 is 6.12. The Morgan fingerprint density at radius 1 is 0.967 bits per heavy atom. The Hall–Kier alpha value is -3.09. The molecule has 1 heterocycles. The third-order valence-electron chi connectivity index (χ3n) is 4.93. The number of benzene rings is 3. The van der Waals surface area contributed by atoms with Gasteiger partial charge in [0.15, 0.2) is 0 Å². The van der Waals surface area contributed by atoms with Crippen LogP contribution in [0.5, 0.6) is 0 Å². The summed E-state index contributed by atoms with van der Waals surface area (Å²) in [5.41, 5.74) is 2.47. The predicted octanol–water partition coefficient (Wildman–Crippen LogP) is 5.22. The van der Waals surface area contributed by atoms with Gasteiger partial charge in [-0.2, -0.15) is 0 Å². The molecule has 0 aliphatic heterocycles. The second-order valence-electron chi connectivity index (χ2n) is 6.87. The summed E-state index contributed by atoms with van der Waals surface area (Å²) in [7, 11) is -3.95. The number of rotatable bonds is 6. The van der Waals surface area contributed by atoms with Crippen molar-refractivity contribution in [3.05, 3.63) is 89.6 Å². The van der Waals surface area contributed by atoms with Gasteiger partial charge in [0.2, 0.25) is 0 Å². The Kier molecular flexibility index (Phi) is 5.37. The molecule has 4 rings (SSSR count). The minimum atomic E-state index is -3.95. The van der Waals surface area contributed by atoms with Crippen molar-refractivity contribution in [3.8, 4) is 11.1 Å². The van der Waals surface area contributed by atoms with Crippen LogP contribution in [0.3, 0.4) is 0 Å². The third kappa shape index (κ3) is 3.72. The molecule has 1 aromatic heterocycles. The Balaban J connectivity index is 1.92. The van der Waals surface area contributed by atoms with Gasteiger partial charge in [-0.15, -0.1) is 0 Å². The van der Waals surface area contributed by atoms with Crippen molar-refractivity contribution in [2.75, 3.05) is 0 Å². The van der Waals surface area contributed by atoms with E-state index >= 15 is 0 Å². The van der Waals surface area contributed by atoms with E-state index in [4.69, 9.17) is 16.7 Å². The maximum Gasteiger partial charge on any atom is 0.303 e. The SMILES string of the molecule is O=C(O)CCc1cn(S(=O)(=O)c2ccccc2-c2ccccc2)c2ccc(Cl)cc12. The normalized spacial score (nSPS) is 11.6. The van der Waals surface area contributed by atoms with Crippen LogP contribution in [-0.4, -0.2) is 23.5 Å². The van der Waals surface area contributed by atoms with Gasteiger partial charge >= 0.3 is 5.97 Å². The third-order valence-corrected chi connectivity index (χ3v) is 6.90. The van der Waals surface area contributed by atoms with E-state index in [0.29, 0.717) is 27.1 Å². The first-order valence-electron chi connectivity index (χ1n) is 9.29. The highest BCUT2D eigenvalue weighted by molar-refractivity contribution is 7.90. The molecule has 30 heavy (non-hydrogen) atoms. The molecule has 0 unspecified atom stereocenters. The Bertz CT molecular complexity index is 1340. The lowest BCUT2D eigenvalue weighted by Crippen LogP contribution is -2.13. The summed E-state index contributed by atoms with van der Waals surface area (Å²) in [5, 5.41) is 10.1. The summed E-state index contributed by atoms with van der Waals surface area (Å²) in [6.07, 6.45) is 1.60. The van der Waals surface area contributed by atoms with Crippen molar-refractivity contribution in [1.82, 2.24) is 3.97 Å². The van der Waals surface area contributed by atoms with E-state index in [9.17, 15) is 13.2 Å². The summed E-state index contributed by atoms with van der Waals surface area (Å²) in [5.74, 6) is -0.949. The summed E-state index contributed by atoms with van der Waals surface area (Å²) < 4.78 is 28.6. The van der Waals surface area contributed by atoms with Gasteiger partial charge in [-0.3, -0.25) is 4.79 Å². The molecular weight excluding hydrogens is 422 g/mol. The highest BCUT2D eigenvalue weighted by atomic mass is 35.5. The van der Waals surface area contributed by atoms with Gasteiger partial charge in [-0.05, 0) is 41.8 Å². The first-order valence-corrected chi connectivity index (χ1v) is 11.1. The number of nitrogens with zero attached hydrogens (tertiary/aromatic N) is 1. The fourth-order valence-electron chi connectivity index (χ4n) is 3.53.